The highest BCUT2D eigenvalue weighted by Gasteiger charge is 2.16. The summed E-state index contributed by atoms with van der Waals surface area (Å²) in [4.78, 5) is 23.0. The largest absolute Gasteiger partial charge is 0.430 e. The van der Waals surface area contributed by atoms with Gasteiger partial charge in [0.05, 0.1) is 6.61 Å². The predicted octanol–water partition coefficient (Wildman–Crippen LogP) is 1.07. The van der Waals surface area contributed by atoms with Crippen molar-refractivity contribution < 1.29 is 14.2 Å². The Kier molecular flexibility index (Phi) is 4.96. The van der Waals surface area contributed by atoms with Crippen molar-refractivity contribution in [1.29, 1.82) is 0 Å². The number of fused-ring (bicyclic) bond motifs is 1. The summed E-state index contributed by atoms with van der Waals surface area (Å²) in [6.45, 7) is 4.20. The summed E-state index contributed by atoms with van der Waals surface area (Å²) in [5.41, 5.74) is 2.94. The molecule has 0 saturated heterocycles. The minimum absolute atomic E-state index is 0.0602. The lowest BCUT2D eigenvalue weighted by molar-refractivity contribution is -0.117. The van der Waals surface area contributed by atoms with Crippen molar-refractivity contribution in [1.82, 2.24) is 5.32 Å². The highest BCUT2D eigenvalue weighted by molar-refractivity contribution is 6.49. The van der Waals surface area contributed by atoms with Crippen molar-refractivity contribution in [3.05, 3.63) is 29.3 Å². The van der Waals surface area contributed by atoms with E-state index in [1.165, 1.54) is 0 Å². The van der Waals surface area contributed by atoms with Crippen molar-refractivity contribution in [2.24, 2.45) is 0 Å². The molecule has 0 saturated carbocycles. The van der Waals surface area contributed by atoms with Crippen LogP contribution < -0.4 is 10.8 Å². The maximum Gasteiger partial charge on any atom is 0.309 e. The minimum Gasteiger partial charge on any atom is -0.430 e. The lowest BCUT2D eigenvalue weighted by Crippen LogP contribution is -2.33. The maximum atomic E-state index is 12.1. The van der Waals surface area contributed by atoms with Crippen LogP contribution in [-0.2, 0) is 16.1 Å². The Morgan fingerprint density at radius 3 is 3.00 bits per heavy atom. The van der Waals surface area contributed by atoms with Gasteiger partial charge in [0.15, 0.2) is 0 Å². The summed E-state index contributed by atoms with van der Waals surface area (Å²) < 4.78 is 5.34. The summed E-state index contributed by atoms with van der Waals surface area (Å²) in [6, 6.07) is 5.77. The number of amides is 1. The van der Waals surface area contributed by atoms with Crippen LogP contribution in [0.4, 0.5) is 0 Å². The van der Waals surface area contributed by atoms with Crippen LogP contribution in [0.2, 0.25) is 0 Å². The predicted molar refractivity (Wildman–Crippen MR) is 79.5 cm³/mol. The molecule has 0 radical (unpaired) electrons. The molecule has 20 heavy (non-hydrogen) atoms. The molecule has 1 aromatic rings. The molecule has 2 rings (SSSR count). The minimum atomic E-state index is -0.0602. The number of hydrogen-bond donors (Lipinski definition) is 1. The van der Waals surface area contributed by atoms with Gasteiger partial charge >= 0.3 is 7.48 Å². The van der Waals surface area contributed by atoms with E-state index in [9.17, 15) is 9.59 Å². The summed E-state index contributed by atoms with van der Waals surface area (Å²) in [7, 11) is 0.588. The summed E-state index contributed by atoms with van der Waals surface area (Å²) in [5.74, 6) is 0.136. The topological polar surface area (TPSA) is 55.4 Å². The monoisotopic (exact) mass is 273 g/mol. The molecule has 1 unspecified atom stereocenters. The van der Waals surface area contributed by atoms with Gasteiger partial charge < -0.3 is 14.8 Å². The number of rotatable bonds is 6. The van der Waals surface area contributed by atoms with Crippen LogP contribution >= 0.6 is 0 Å². The number of nitrogens with one attached hydrogen (secondary N) is 1. The second kappa shape index (κ2) is 6.70. The highest BCUT2D eigenvalue weighted by atomic mass is 16.4. The molecule has 1 aliphatic rings. The average Bonchev–Trinajstić information content (AvgIpc) is 2.85. The van der Waals surface area contributed by atoms with Gasteiger partial charge in [-0.3, -0.25) is 4.79 Å². The van der Waals surface area contributed by atoms with E-state index in [0.717, 1.165) is 23.9 Å². The summed E-state index contributed by atoms with van der Waals surface area (Å²) in [6.07, 6.45) is 2.21. The van der Waals surface area contributed by atoms with Gasteiger partial charge in [0.1, 0.15) is 5.78 Å². The van der Waals surface area contributed by atoms with Gasteiger partial charge in [0.2, 0.25) is 0 Å². The average molecular weight is 273 g/mol. The standard InChI is InChI=1S/C15H20BNO3/c1-10(4-3-5-11(2)18)17-15(19)12-6-7-13-9-20-16-14(13)8-12/h6-8,10,16H,3-5,9H2,1-2H3,(H,17,19). The lowest BCUT2D eigenvalue weighted by Gasteiger charge is -2.14. The molecule has 0 aliphatic carbocycles. The smallest absolute Gasteiger partial charge is 0.309 e. The Morgan fingerprint density at radius 2 is 2.25 bits per heavy atom. The molecule has 1 amide bonds. The fraction of sp³-hybridized carbons (Fsp3) is 0.467. The third kappa shape index (κ3) is 3.94. The zero-order chi connectivity index (χ0) is 14.5. The van der Waals surface area contributed by atoms with E-state index in [1.54, 1.807) is 6.92 Å². The van der Waals surface area contributed by atoms with Crippen LogP contribution in [0.15, 0.2) is 18.2 Å². The van der Waals surface area contributed by atoms with Gasteiger partial charge in [-0.25, -0.2) is 0 Å². The van der Waals surface area contributed by atoms with Crippen LogP contribution in [0.3, 0.4) is 0 Å². The summed E-state index contributed by atoms with van der Waals surface area (Å²) >= 11 is 0. The first-order chi connectivity index (χ1) is 9.56. The second-order valence-corrected chi connectivity index (χ2v) is 5.45. The van der Waals surface area contributed by atoms with Gasteiger partial charge in [0.25, 0.3) is 5.91 Å². The van der Waals surface area contributed by atoms with Gasteiger partial charge in [-0.2, -0.15) is 0 Å². The quantitative estimate of drug-likeness (QED) is 0.789. The number of benzene rings is 1. The van der Waals surface area contributed by atoms with Crippen molar-refractivity contribution in [3.63, 3.8) is 0 Å². The number of carbonyl (C=O) groups is 2. The third-order valence-corrected chi connectivity index (χ3v) is 3.53. The van der Waals surface area contributed by atoms with Crippen molar-refractivity contribution >= 4 is 24.6 Å². The fourth-order valence-electron chi connectivity index (χ4n) is 2.35. The molecule has 1 atom stereocenters. The SMILES string of the molecule is CC(=O)CCCC(C)NC(=O)c1ccc2c(c1)BOC2. The van der Waals surface area contributed by atoms with E-state index in [4.69, 9.17) is 4.65 Å². The molecule has 5 heteroatoms. The number of ketones is 1. The molecule has 1 N–H and O–H groups in total. The highest BCUT2D eigenvalue weighted by Crippen LogP contribution is 2.09. The van der Waals surface area contributed by atoms with Crippen LogP contribution in [0.25, 0.3) is 0 Å². The molecule has 4 nitrogen and oxygen atoms in total. The lowest BCUT2D eigenvalue weighted by atomic mass is 9.86. The first kappa shape index (κ1) is 14.8. The van der Waals surface area contributed by atoms with E-state index in [0.29, 0.717) is 26.1 Å². The van der Waals surface area contributed by atoms with Crippen molar-refractivity contribution in [2.75, 3.05) is 0 Å². The molecular weight excluding hydrogens is 253 g/mol. The maximum absolute atomic E-state index is 12.1. The molecule has 0 bridgehead atoms. The molecule has 1 aromatic carbocycles. The molecule has 0 aromatic heterocycles. The van der Waals surface area contributed by atoms with E-state index in [-0.39, 0.29) is 17.7 Å². The Labute approximate surface area is 120 Å². The van der Waals surface area contributed by atoms with Crippen LogP contribution in [0.5, 0.6) is 0 Å². The van der Waals surface area contributed by atoms with E-state index >= 15 is 0 Å². The number of hydrogen-bond acceptors (Lipinski definition) is 3. The Hall–Kier alpha value is -1.62. The van der Waals surface area contributed by atoms with Gasteiger partial charge in [-0.15, -0.1) is 0 Å². The van der Waals surface area contributed by atoms with Crippen LogP contribution in [-0.4, -0.2) is 25.2 Å². The normalized spacial score (nSPS) is 14.3. The van der Waals surface area contributed by atoms with Crippen molar-refractivity contribution in [2.45, 2.75) is 45.8 Å². The molecular formula is C15H20BNO3. The second-order valence-electron chi connectivity index (χ2n) is 5.45. The van der Waals surface area contributed by atoms with Crippen LogP contribution in [0, 0.1) is 0 Å². The third-order valence-electron chi connectivity index (χ3n) is 3.53. The molecule has 0 fully saturated rings. The van der Waals surface area contributed by atoms with E-state index < -0.39 is 0 Å². The first-order valence-corrected chi connectivity index (χ1v) is 7.06. The van der Waals surface area contributed by atoms with Gasteiger partial charge in [0, 0.05) is 18.0 Å². The fourth-order valence-corrected chi connectivity index (χ4v) is 2.35. The molecule has 0 spiro atoms. The Bertz CT molecular complexity index is 516. The Balaban J connectivity index is 1.86. The molecule has 1 heterocycles. The van der Waals surface area contributed by atoms with Gasteiger partial charge in [-0.1, -0.05) is 12.1 Å². The number of carbonyl (C=O) groups excluding carboxylic acids is 2. The van der Waals surface area contributed by atoms with Crippen LogP contribution in [0.1, 0.15) is 49.0 Å². The number of Topliss-reactive ketones (excluding diaryl/α,β-unsaturated/α-hetero) is 1. The Morgan fingerprint density at radius 1 is 1.45 bits per heavy atom. The molecule has 1 aliphatic heterocycles. The first-order valence-electron chi connectivity index (χ1n) is 7.06. The molecule has 106 valence electrons. The van der Waals surface area contributed by atoms with E-state index in [1.807, 2.05) is 25.1 Å². The summed E-state index contributed by atoms with van der Waals surface area (Å²) in [5, 5.41) is 2.97. The van der Waals surface area contributed by atoms with Gasteiger partial charge in [-0.05, 0) is 43.8 Å². The van der Waals surface area contributed by atoms with Crippen molar-refractivity contribution in [3.8, 4) is 0 Å². The zero-order valence-electron chi connectivity index (χ0n) is 12.1. The zero-order valence-corrected chi connectivity index (χ0v) is 12.1. The van der Waals surface area contributed by atoms with E-state index in [2.05, 4.69) is 5.32 Å².